The zero-order valence-corrected chi connectivity index (χ0v) is 45.7. The average Bonchev–Trinajstić information content (AvgIpc) is 3.35. The number of hydrogen-bond donors (Lipinski definition) is 2. The van der Waals surface area contributed by atoms with E-state index in [2.05, 4.69) is 53.4 Å². The van der Waals surface area contributed by atoms with Gasteiger partial charge in [-0.25, -0.2) is 0 Å². The molecule has 0 saturated carbocycles. The van der Waals surface area contributed by atoms with Gasteiger partial charge in [-0.3, -0.25) is 0 Å². The molecular formula is C56H111N5O6. The van der Waals surface area contributed by atoms with Crippen LogP contribution in [-0.4, -0.2) is 102 Å². The van der Waals surface area contributed by atoms with E-state index in [0.29, 0.717) is 36.8 Å². The summed E-state index contributed by atoms with van der Waals surface area (Å²) in [6.07, 6.45) is 46.9. The molecule has 11 heteroatoms. The molecule has 0 saturated heterocycles. The van der Waals surface area contributed by atoms with Gasteiger partial charge in [-0.2, -0.15) is 0 Å². The van der Waals surface area contributed by atoms with Crippen molar-refractivity contribution in [1.82, 2.24) is 15.1 Å². The zero-order chi connectivity index (χ0) is 49.7. The molecule has 0 spiro atoms. The summed E-state index contributed by atoms with van der Waals surface area (Å²) < 4.78 is 21.6. The number of nitrogens with one attached hydrogen (secondary N) is 2. The standard InChI is InChI=1S/C26H47N5O4.C18H38O.C12H26O/c1-27-23-24(26(35-3)30-29-25(23)34-2)28-17-16-20-31(18-12-8-4-6-10-14-21-32)19-13-9-5-7-11-15-22-33;1-4-6-8-10-12-14-16-18(19-3)17-15-13-11-9-7-5-2;1-4-6-7-8-9-10-11-12(5-2)13-3/h21-22H,4-20H2,1-3H3,(H,27,30)(H,28,29);18H,4-17H2,1-3H3;12H,4-11H2,1-3H3. The number of rotatable bonds is 48. The van der Waals surface area contributed by atoms with Crippen LogP contribution in [0.15, 0.2) is 0 Å². The lowest BCUT2D eigenvalue weighted by atomic mass is 10.0. The van der Waals surface area contributed by atoms with Gasteiger partial charge in [0.2, 0.25) is 0 Å². The highest BCUT2D eigenvalue weighted by Crippen LogP contribution is 2.36. The van der Waals surface area contributed by atoms with Gasteiger partial charge in [0.15, 0.2) is 0 Å². The van der Waals surface area contributed by atoms with Gasteiger partial charge in [-0.15, -0.1) is 10.2 Å². The fraction of sp³-hybridized carbons (Fsp3) is 0.893. The Morgan fingerprint density at radius 2 is 0.821 bits per heavy atom. The second-order valence-corrected chi connectivity index (χ2v) is 18.6. The molecule has 0 aliphatic carbocycles. The summed E-state index contributed by atoms with van der Waals surface area (Å²) in [5.41, 5.74) is 1.50. The highest BCUT2D eigenvalue weighted by atomic mass is 16.5. The molecule has 0 amide bonds. The second-order valence-electron chi connectivity index (χ2n) is 18.6. The first-order valence-corrected chi connectivity index (χ1v) is 28.0. The maximum absolute atomic E-state index is 10.5. The SMILES string of the molecule is CCCCCCCCC(CC)OC.CCCCCCCCC(CCCCCCCC)OC.CNc1c(OC)nnc(OC)c1NCCCN(CCCCCCCC=O)CCCCCCCC=O. The van der Waals surface area contributed by atoms with E-state index in [9.17, 15) is 9.59 Å². The van der Waals surface area contributed by atoms with Crippen molar-refractivity contribution in [2.45, 2.75) is 265 Å². The predicted molar refractivity (Wildman–Crippen MR) is 288 cm³/mol. The summed E-state index contributed by atoms with van der Waals surface area (Å²) >= 11 is 0. The molecule has 0 radical (unpaired) electrons. The lowest BCUT2D eigenvalue weighted by Crippen LogP contribution is -2.28. The number of carbonyl (C=O) groups excluding carboxylic acids is 2. The lowest BCUT2D eigenvalue weighted by molar-refractivity contribution is -0.108. The smallest absolute Gasteiger partial charge is 0.259 e. The lowest BCUT2D eigenvalue weighted by Gasteiger charge is -2.23. The number of methoxy groups -OCH3 is 4. The molecule has 1 atom stereocenters. The Morgan fingerprint density at radius 3 is 1.19 bits per heavy atom. The Labute approximate surface area is 414 Å². The summed E-state index contributed by atoms with van der Waals surface area (Å²) in [5, 5.41) is 14.7. The van der Waals surface area contributed by atoms with E-state index in [1.54, 1.807) is 14.2 Å². The van der Waals surface area contributed by atoms with Crippen LogP contribution in [0.4, 0.5) is 11.4 Å². The molecule has 1 aromatic heterocycles. The van der Waals surface area contributed by atoms with E-state index in [1.165, 1.54) is 173 Å². The summed E-state index contributed by atoms with van der Waals surface area (Å²) in [6.45, 7) is 13.0. The molecule has 0 bridgehead atoms. The molecule has 11 nitrogen and oxygen atoms in total. The average molecular weight is 951 g/mol. The first-order chi connectivity index (χ1) is 32.9. The minimum absolute atomic E-state index is 0.429. The Bertz CT molecular complexity index is 1120. The summed E-state index contributed by atoms with van der Waals surface area (Å²) in [4.78, 5) is 23.5. The number of anilines is 2. The van der Waals surface area contributed by atoms with Crippen molar-refractivity contribution < 1.29 is 28.5 Å². The fourth-order valence-electron chi connectivity index (χ4n) is 8.45. The van der Waals surface area contributed by atoms with Gasteiger partial charge < -0.3 is 44.1 Å². The largest absolute Gasteiger partial charge is 0.478 e. The molecule has 396 valence electrons. The highest BCUT2D eigenvalue weighted by Gasteiger charge is 2.17. The van der Waals surface area contributed by atoms with Gasteiger partial charge in [-0.1, -0.05) is 182 Å². The minimum atomic E-state index is 0.429. The van der Waals surface area contributed by atoms with Gasteiger partial charge in [0.05, 0.1) is 26.4 Å². The Morgan fingerprint density at radius 1 is 0.463 bits per heavy atom. The molecule has 0 fully saturated rings. The summed E-state index contributed by atoms with van der Waals surface area (Å²) in [5.74, 6) is 0.870. The number of nitrogens with zero attached hydrogens (tertiary/aromatic N) is 3. The van der Waals surface area contributed by atoms with E-state index < -0.39 is 0 Å². The predicted octanol–water partition coefficient (Wildman–Crippen LogP) is 15.4. The first-order valence-electron chi connectivity index (χ1n) is 28.0. The van der Waals surface area contributed by atoms with Crippen LogP contribution in [0.2, 0.25) is 0 Å². The monoisotopic (exact) mass is 950 g/mol. The topological polar surface area (TPSA) is 124 Å². The molecule has 1 heterocycles. The van der Waals surface area contributed by atoms with Crippen molar-refractivity contribution >= 4 is 23.9 Å². The molecule has 1 unspecified atom stereocenters. The van der Waals surface area contributed by atoms with Gasteiger partial charge in [-0.05, 0) is 77.4 Å². The summed E-state index contributed by atoms with van der Waals surface area (Å²) in [6, 6.07) is 0. The normalized spacial score (nSPS) is 11.4. The van der Waals surface area contributed by atoms with Gasteiger partial charge >= 0.3 is 0 Å². The summed E-state index contributed by atoms with van der Waals surface area (Å²) in [7, 11) is 8.69. The van der Waals surface area contributed by atoms with Crippen LogP contribution in [0.1, 0.15) is 252 Å². The third-order valence-corrected chi connectivity index (χ3v) is 12.9. The fourth-order valence-corrected chi connectivity index (χ4v) is 8.45. The van der Waals surface area contributed by atoms with Crippen LogP contribution < -0.4 is 20.1 Å². The number of carbonyl (C=O) groups is 2. The highest BCUT2D eigenvalue weighted by molar-refractivity contribution is 5.77. The Hall–Kier alpha value is -2.50. The Kier molecular flexibility index (Phi) is 54.1. The molecule has 0 aromatic carbocycles. The van der Waals surface area contributed by atoms with Crippen LogP contribution >= 0.6 is 0 Å². The van der Waals surface area contributed by atoms with Crippen molar-refractivity contribution in [3.63, 3.8) is 0 Å². The molecule has 0 aliphatic rings. The molecule has 1 aromatic rings. The quantitative estimate of drug-likeness (QED) is 0.0479. The van der Waals surface area contributed by atoms with E-state index >= 15 is 0 Å². The molecule has 0 aliphatic heterocycles. The van der Waals surface area contributed by atoms with Gasteiger partial charge in [0.1, 0.15) is 23.9 Å². The number of unbranched alkanes of at least 4 members (excludes halogenated alkanes) is 25. The molecule has 2 N–H and O–H groups in total. The number of ether oxygens (including phenoxy) is 4. The maximum atomic E-state index is 10.5. The van der Waals surface area contributed by atoms with Crippen molar-refractivity contribution in [2.75, 3.05) is 72.3 Å². The molecule has 67 heavy (non-hydrogen) atoms. The molecular weight excluding hydrogens is 839 g/mol. The number of aldehydes is 2. The van der Waals surface area contributed by atoms with Crippen molar-refractivity contribution in [2.24, 2.45) is 0 Å². The third kappa shape index (κ3) is 42.1. The minimum Gasteiger partial charge on any atom is -0.478 e. The van der Waals surface area contributed by atoms with E-state index in [-0.39, 0.29) is 0 Å². The van der Waals surface area contributed by atoms with Crippen molar-refractivity contribution in [3.8, 4) is 11.8 Å². The number of hydrogen-bond acceptors (Lipinski definition) is 11. The van der Waals surface area contributed by atoms with E-state index in [1.807, 2.05) is 21.3 Å². The van der Waals surface area contributed by atoms with Crippen molar-refractivity contribution in [3.05, 3.63) is 0 Å². The van der Waals surface area contributed by atoms with Crippen LogP contribution in [-0.2, 0) is 19.1 Å². The van der Waals surface area contributed by atoms with Crippen molar-refractivity contribution in [1.29, 1.82) is 0 Å². The Balaban J connectivity index is 0. The van der Waals surface area contributed by atoms with Crippen LogP contribution in [0.25, 0.3) is 0 Å². The third-order valence-electron chi connectivity index (χ3n) is 12.9. The number of aromatic nitrogens is 2. The zero-order valence-electron chi connectivity index (χ0n) is 45.7. The van der Waals surface area contributed by atoms with E-state index in [0.717, 1.165) is 88.7 Å². The van der Waals surface area contributed by atoms with Gasteiger partial charge in [0, 0.05) is 40.7 Å². The van der Waals surface area contributed by atoms with Crippen LogP contribution in [0.3, 0.4) is 0 Å². The van der Waals surface area contributed by atoms with E-state index in [4.69, 9.17) is 18.9 Å². The second kappa shape index (κ2) is 54.4. The molecule has 1 rings (SSSR count). The first kappa shape index (κ1) is 66.6. The van der Waals surface area contributed by atoms with Crippen LogP contribution in [0, 0.1) is 0 Å². The maximum Gasteiger partial charge on any atom is 0.259 e. The van der Waals surface area contributed by atoms with Gasteiger partial charge in [0.25, 0.3) is 11.8 Å². The van der Waals surface area contributed by atoms with Crippen LogP contribution in [0.5, 0.6) is 11.8 Å².